The summed E-state index contributed by atoms with van der Waals surface area (Å²) in [7, 11) is -9.88. The summed E-state index contributed by atoms with van der Waals surface area (Å²) >= 11 is 0. The summed E-state index contributed by atoms with van der Waals surface area (Å²) in [6, 6.07) is 0. The van der Waals surface area contributed by atoms with E-state index < -0.39 is 97.5 Å². The third kappa shape index (κ3) is 57.2. The highest BCUT2D eigenvalue weighted by molar-refractivity contribution is 7.47. The van der Waals surface area contributed by atoms with Crippen LogP contribution in [-0.4, -0.2) is 96.7 Å². The number of carbonyl (C=O) groups is 4. The zero-order valence-corrected chi connectivity index (χ0v) is 54.4. The van der Waals surface area contributed by atoms with Gasteiger partial charge in [0.15, 0.2) is 12.2 Å². The highest BCUT2D eigenvalue weighted by Gasteiger charge is 2.30. The van der Waals surface area contributed by atoms with Crippen LogP contribution in [0.15, 0.2) is 0 Å². The molecule has 486 valence electrons. The zero-order chi connectivity index (χ0) is 60.6. The van der Waals surface area contributed by atoms with Crippen molar-refractivity contribution >= 4 is 39.5 Å². The molecule has 19 heteroatoms. The molecule has 0 heterocycles. The number of phosphoric ester groups is 2. The molecule has 0 aliphatic carbocycles. The van der Waals surface area contributed by atoms with Crippen LogP contribution in [0, 0.1) is 5.92 Å². The number of phosphoric acid groups is 2. The van der Waals surface area contributed by atoms with Crippen molar-refractivity contribution in [1.29, 1.82) is 0 Å². The first kappa shape index (κ1) is 80.1. The number of ether oxygens (including phenoxy) is 4. The van der Waals surface area contributed by atoms with Crippen LogP contribution >= 0.6 is 15.6 Å². The van der Waals surface area contributed by atoms with Gasteiger partial charge >= 0.3 is 39.5 Å². The Bertz CT molecular complexity index is 1600. The Hall–Kier alpha value is -1.94. The van der Waals surface area contributed by atoms with Crippen LogP contribution in [0.3, 0.4) is 0 Å². The Morgan fingerprint density at radius 3 is 0.829 bits per heavy atom. The molecule has 0 rings (SSSR count). The van der Waals surface area contributed by atoms with Crippen molar-refractivity contribution in [3.05, 3.63) is 0 Å². The molecule has 0 fully saturated rings. The number of unbranched alkanes of at least 4 members (excludes halogenated alkanes) is 35. The lowest BCUT2D eigenvalue weighted by molar-refractivity contribution is -0.161. The smallest absolute Gasteiger partial charge is 0.462 e. The van der Waals surface area contributed by atoms with Crippen LogP contribution < -0.4 is 0 Å². The van der Waals surface area contributed by atoms with E-state index >= 15 is 0 Å². The average molecular weight is 1210 g/mol. The van der Waals surface area contributed by atoms with Gasteiger partial charge in [-0.3, -0.25) is 37.3 Å². The molecule has 5 atom stereocenters. The van der Waals surface area contributed by atoms with Crippen LogP contribution in [0.1, 0.15) is 317 Å². The average Bonchev–Trinajstić information content (AvgIpc) is 3.46. The van der Waals surface area contributed by atoms with Crippen molar-refractivity contribution in [3.63, 3.8) is 0 Å². The third-order valence-corrected chi connectivity index (χ3v) is 16.4. The predicted octanol–water partition coefficient (Wildman–Crippen LogP) is 17.4. The van der Waals surface area contributed by atoms with Gasteiger partial charge in [0.2, 0.25) is 0 Å². The van der Waals surface area contributed by atoms with Gasteiger partial charge in [0.25, 0.3) is 0 Å². The van der Waals surface area contributed by atoms with Crippen LogP contribution in [0.5, 0.6) is 0 Å². The van der Waals surface area contributed by atoms with Crippen molar-refractivity contribution in [1.82, 2.24) is 0 Å². The summed E-state index contributed by atoms with van der Waals surface area (Å²) in [5.41, 5.74) is 0. The van der Waals surface area contributed by atoms with Crippen molar-refractivity contribution in [2.75, 3.05) is 39.6 Å². The lowest BCUT2D eigenvalue weighted by atomic mass is 10.0. The first-order chi connectivity index (χ1) is 39.5. The SMILES string of the molecule is CCCCCCCCCCCCC(=O)OC[C@H](COP(=O)(O)OC[C@H](O)COP(=O)(O)OC[C@@H](COC(=O)CCCCCCCCCCCC)OC(=O)CCCCCCCCCCCC(C)C)OC(=O)CCCCCCCCCCCC. The van der Waals surface area contributed by atoms with Gasteiger partial charge in [-0.1, -0.05) is 266 Å². The predicted molar refractivity (Wildman–Crippen MR) is 326 cm³/mol. The Kier molecular flexibility index (Phi) is 55.5. The molecule has 0 radical (unpaired) electrons. The summed E-state index contributed by atoms with van der Waals surface area (Å²) in [5, 5.41) is 10.5. The molecule has 0 aromatic rings. The fourth-order valence-electron chi connectivity index (χ4n) is 9.41. The molecule has 0 aromatic carbocycles. The highest BCUT2D eigenvalue weighted by Crippen LogP contribution is 2.45. The molecule has 0 aliphatic rings. The van der Waals surface area contributed by atoms with E-state index in [1.165, 1.54) is 141 Å². The summed E-state index contributed by atoms with van der Waals surface area (Å²) in [6.07, 6.45) is 40.2. The molecule has 0 spiro atoms. The first-order valence-corrected chi connectivity index (χ1v) is 36.1. The monoisotopic (exact) mass is 1210 g/mol. The van der Waals surface area contributed by atoms with Crippen molar-refractivity contribution in [2.45, 2.75) is 335 Å². The summed E-state index contributed by atoms with van der Waals surface area (Å²) in [6.45, 7) is 7.14. The van der Waals surface area contributed by atoms with E-state index in [1.54, 1.807) is 0 Å². The largest absolute Gasteiger partial charge is 0.472 e. The van der Waals surface area contributed by atoms with Crippen LogP contribution in [0.25, 0.3) is 0 Å². The lowest BCUT2D eigenvalue weighted by Crippen LogP contribution is -2.30. The van der Waals surface area contributed by atoms with Gasteiger partial charge in [0, 0.05) is 25.7 Å². The van der Waals surface area contributed by atoms with E-state index in [0.29, 0.717) is 25.7 Å². The Labute approximate surface area is 498 Å². The molecule has 17 nitrogen and oxygen atoms in total. The molecule has 0 saturated heterocycles. The third-order valence-electron chi connectivity index (χ3n) is 14.5. The van der Waals surface area contributed by atoms with E-state index in [1.807, 2.05) is 0 Å². The molecule has 0 saturated carbocycles. The van der Waals surface area contributed by atoms with E-state index in [9.17, 15) is 43.2 Å². The number of aliphatic hydroxyl groups is 1. The minimum absolute atomic E-state index is 0.105. The van der Waals surface area contributed by atoms with E-state index in [2.05, 4.69) is 34.6 Å². The Morgan fingerprint density at radius 1 is 0.329 bits per heavy atom. The molecule has 0 bridgehead atoms. The normalized spacial score (nSPS) is 14.3. The van der Waals surface area contributed by atoms with Gasteiger partial charge in [0.1, 0.15) is 19.3 Å². The fourth-order valence-corrected chi connectivity index (χ4v) is 11.0. The molecule has 82 heavy (non-hydrogen) atoms. The van der Waals surface area contributed by atoms with Crippen molar-refractivity contribution in [2.24, 2.45) is 5.92 Å². The lowest BCUT2D eigenvalue weighted by Gasteiger charge is -2.21. The van der Waals surface area contributed by atoms with Gasteiger partial charge in [-0.25, -0.2) is 9.13 Å². The molecule has 3 N–H and O–H groups in total. The summed E-state index contributed by atoms with van der Waals surface area (Å²) < 4.78 is 67.9. The summed E-state index contributed by atoms with van der Waals surface area (Å²) in [4.78, 5) is 72.1. The Morgan fingerprint density at radius 2 is 0.561 bits per heavy atom. The van der Waals surface area contributed by atoms with Crippen LogP contribution in [0.4, 0.5) is 0 Å². The quantitative estimate of drug-likeness (QED) is 0.0222. The maximum Gasteiger partial charge on any atom is 0.472 e. The standard InChI is InChI=1S/C63H122O17P2/c1-6-9-12-15-18-21-26-31-36-41-46-60(65)73-52-58(79-62(67)48-43-38-33-28-23-20-17-14-11-8-3)54-77-81(69,70)75-50-57(64)51-76-82(71,72)78-55-59(53-74-61(66)47-42-37-32-27-22-19-16-13-10-7-2)80-63(68)49-44-39-34-29-24-25-30-35-40-45-56(4)5/h56-59,64H,6-55H2,1-5H3,(H,69,70)(H,71,72)/t57-,58+,59+/m0/s1. The highest BCUT2D eigenvalue weighted by atomic mass is 31.2. The Balaban J connectivity index is 5.23. The minimum atomic E-state index is -4.94. The van der Waals surface area contributed by atoms with E-state index in [-0.39, 0.29) is 25.7 Å². The second kappa shape index (κ2) is 56.8. The number of hydrogen-bond acceptors (Lipinski definition) is 15. The number of aliphatic hydroxyl groups excluding tert-OH is 1. The molecular formula is C63H122O17P2. The fraction of sp³-hybridized carbons (Fsp3) is 0.937. The first-order valence-electron chi connectivity index (χ1n) is 33.1. The molecule has 2 unspecified atom stereocenters. The van der Waals surface area contributed by atoms with Crippen molar-refractivity contribution < 1.29 is 80.2 Å². The van der Waals surface area contributed by atoms with Gasteiger partial charge in [-0.2, -0.15) is 0 Å². The number of rotatable bonds is 63. The van der Waals surface area contributed by atoms with Crippen LogP contribution in [0.2, 0.25) is 0 Å². The maximum absolute atomic E-state index is 13.0. The molecule has 0 amide bonds. The van der Waals surface area contributed by atoms with Gasteiger partial charge < -0.3 is 33.8 Å². The minimum Gasteiger partial charge on any atom is -0.462 e. The molecule has 0 aromatic heterocycles. The summed E-state index contributed by atoms with van der Waals surface area (Å²) in [5.74, 6) is -1.40. The number of carbonyl (C=O) groups excluding carboxylic acids is 4. The molecule has 0 aliphatic heterocycles. The van der Waals surface area contributed by atoms with Gasteiger partial charge in [-0.05, 0) is 31.6 Å². The molecular weight excluding hydrogens is 1090 g/mol. The van der Waals surface area contributed by atoms with Crippen molar-refractivity contribution in [3.8, 4) is 0 Å². The second-order valence-electron chi connectivity index (χ2n) is 23.3. The second-order valence-corrected chi connectivity index (χ2v) is 26.2. The van der Waals surface area contributed by atoms with Crippen LogP contribution in [-0.2, 0) is 65.4 Å². The number of esters is 4. The van der Waals surface area contributed by atoms with E-state index in [4.69, 9.17) is 37.0 Å². The topological polar surface area (TPSA) is 237 Å². The zero-order valence-electron chi connectivity index (χ0n) is 52.6. The van der Waals surface area contributed by atoms with Gasteiger partial charge in [-0.15, -0.1) is 0 Å². The maximum atomic E-state index is 13.0. The van der Waals surface area contributed by atoms with Gasteiger partial charge in [0.05, 0.1) is 26.4 Å². The van der Waals surface area contributed by atoms with E-state index in [0.717, 1.165) is 95.8 Å². The number of hydrogen-bond donors (Lipinski definition) is 3.